The first-order valence-electron chi connectivity index (χ1n) is 11.5. The molecule has 0 fully saturated rings. The normalized spacial score (nSPS) is 16.2. The lowest BCUT2D eigenvalue weighted by Gasteiger charge is -2.23. The van der Waals surface area contributed by atoms with Gasteiger partial charge in [-0.15, -0.1) is 0 Å². The molecule has 5 N–H and O–H groups in total. The van der Waals surface area contributed by atoms with Crippen LogP contribution in [0.2, 0.25) is 0 Å². The van der Waals surface area contributed by atoms with Gasteiger partial charge < -0.3 is 26.6 Å². The molecule has 0 radical (unpaired) electrons. The van der Waals surface area contributed by atoms with E-state index in [2.05, 4.69) is 42.9 Å². The van der Waals surface area contributed by atoms with Gasteiger partial charge in [0, 0.05) is 23.2 Å². The lowest BCUT2D eigenvalue weighted by Crippen LogP contribution is -2.44. The van der Waals surface area contributed by atoms with Crippen molar-refractivity contribution in [2.75, 3.05) is 43.6 Å². The number of nitrogens with zero attached hydrogens (tertiary/aromatic N) is 1. The molecule has 1 aliphatic rings. The Morgan fingerprint density at radius 3 is 2.54 bits per heavy atom. The van der Waals surface area contributed by atoms with Crippen molar-refractivity contribution in [3.05, 3.63) is 89.0 Å². The van der Waals surface area contributed by atoms with E-state index in [1.165, 1.54) is 6.08 Å². The number of hydrogen-bond donors (Lipinski definition) is 4. The summed E-state index contributed by atoms with van der Waals surface area (Å²) in [7, 11) is 4.00. The van der Waals surface area contributed by atoms with E-state index in [0.29, 0.717) is 24.3 Å². The minimum absolute atomic E-state index is 0.0644. The van der Waals surface area contributed by atoms with Crippen LogP contribution in [0.3, 0.4) is 0 Å². The first-order chi connectivity index (χ1) is 16.8. The molecule has 1 aliphatic carbocycles. The van der Waals surface area contributed by atoms with Gasteiger partial charge in [-0.3, -0.25) is 9.59 Å². The largest absolute Gasteiger partial charge is 0.397 e. The molecular weight excluding hydrogens is 506 g/mol. The van der Waals surface area contributed by atoms with Crippen molar-refractivity contribution in [2.45, 2.75) is 12.5 Å². The van der Waals surface area contributed by atoms with Gasteiger partial charge >= 0.3 is 0 Å². The molecule has 35 heavy (non-hydrogen) atoms. The van der Waals surface area contributed by atoms with Crippen LogP contribution in [-0.2, 0) is 9.59 Å². The molecule has 0 bridgehead atoms. The molecular formula is C27H32BrN5O2. The van der Waals surface area contributed by atoms with E-state index in [1.807, 2.05) is 68.7 Å². The fraction of sp³-hybridized carbons (Fsp3) is 0.259. The van der Waals surface area contributed by atoms with Crippen LogP contribution in [0, 0.1) is 5.92 Å². The molecule has 8 heteroatoms. The average molecular weight is 538 g/mol. The molecule has 0 aliphatic heterocycles. The van der Waals surface area contributed by atoms with Crippen molar-refractivity contribution >= 4 is 44.8 Å². The van der Waals surface area contributed by atoms with Crippen molar-refractivity contribution in [1.82, 2.24) is 10.2 Å². The summed E-state index contributed by atoms with van der Waals surface area (Å²) in [4.78, 5) is 27.5. The van der Waals surface area contributed by atoms with Crippen molar-refractivity contribution in [3.63, 3.8) is 0 Å². The molecule has 2 unspecified atom stereocenters. The monoisotopic (exact) mass is 537 g/mol. The summed E-state index contributed by atoms with van der Waals surface area (Å²) < 4.78 is 0.953. The molecule has 0 saturated heterocycles. The van der Waals surface area contributed by atoms with Crippen LogP contribution in [0.15, 0.2) is 89.0 Å². The van der Waals surface area contributed by atoms with Crippen molar-refractivity contribution in [1.29, 1.82) is 0 Å². The van der Waals surface area contributed by atoms with Crippen LogP contribution in [-0.4, -0.2) is 49.9 Å². The number of likely N-dealkylation sites (N-methyl/N-ethyl adjacent to an activating group) is 1. The van der Waals surface area contributed by atoms with E-state index in [0.717, 1.165) is 22.3 Å². The van der Waals surface area contributed by atoms with Crippen molar-refractivity contribution in [3.8, 4) is 0 Å². The minimum atomic E-state index is -0.482. The first kappa shape index (κ1) is 26.4. The van der Waals surface area contributed by atoms with Crippen LogP contribution in [0.25, 0.3) is 0 Å². The summed E-state index contributed by atoms with van der Waals surface area (Å²) in [6.45, 7) is 1.48. The zero-order valence-corrected chi connectivity index (χ0v) is 21.6. The number of carbonyl (C=O) groups is 2. The van der Waals surface area contributed by atoms with Crippen LogP contribution in [0.4, 0.5) is 17.1 Å². The quantitative estimate of drug-likeness (QED) is 0.269. The Bertz CT molecular complexity index is 1110. The number of nitrogens with two attached hydrogens (primary N) is 1. The number of halogens is 1. The number of nitrogens with one attached hydrogen (secondary N) is 3. The molecule has 0 aromatic heterocycles. The fourth-order valence-corrected chi connectivity index (χ4v) is 3.81. The number of para-hydroxylation sites is 2. The van der Waals surface area contributed by atoms with E-state index >= 15 is 0 Å². The number of anilines is 3. The highest BCUT2D eigenvalue weighted by molar-refractivity contribution is 9.10. The third kappa shape index (κ3) is 8.51. The van der Waals surface area contributed by atoms with E-state index < -0.39 is 6.04 Å². The van der Waals surface area contributed by atoms with Gasteiger partial charge in [-0.2, -0.15) is 0 Å². The third-order valence-corrected chi connectivity index (χ3v) is 6.02. The summed E-state index contributed by atoms with van der Waals surface area (Å²) in [5.74, 6) is -0.284. The molecule has 3 rings (SSSR count). The summed E-state index contributed by atoms with van der Waals surface area (Å²) >= 11 is 3.41. The Morgan fingerprint density at radius 2 is 1.89 bits per heavy atom. The van der Waals surface area contributed by atoms with Crippen LogP contribution in [0.1, 0.15) is 6.42 Å². The lowest BCUT2D eigenvalue weighted by molar-refractivity contribution is -0.117. The summed E-state index contributed by atoms with van der Waals surface area (Å²) in [6.07, 6.45) is 10.1. The third-order valence-electron chi connectivity index (χ3n) is 5.49. The van der Waals surface area contributed by atoms with E-state index in [9.17, 15) is 9.59 Å². The highest BCUT2D eigenvalue weighted by atomic mass is 79.9. The zero-order chi connectivity index (χ0) is 25.2. The number of carbonyl (C=O) groups excluding carboxylic acids is 2. The predicted octanol–water partition coefficient (Wildman–Crippen LogP) is 4.19. The number of benzene rings is 2. The van der Waals surface area contributed by atoms with Gasteiger partial charge in [-0.1, -0.05) is 52.4 Å². The number of amides is 2. The highest BCUT2D eigenvalue weighted by Gasteiger charge is 2.23. The Labute approximate surface area is 215 Å². The molecule has 0 spiro atoms. The molecule has 2 atom stereocenters. The van der Waals surface area contributed by atoms with E-state index in [1.54, 1.807) is 12.1 Å². The van der Waals surface area contributed by atoms with Gasteiger partial charge in [0.05, 0.1) is 11.4 Å². The van der Waals surface area contributed by atoms with Crippen molar-refractivity contribution < 1.29 is 9.59 Å². The van der Waals surface area contributed by atoms with Gasteiger partial charge in [-0.05, 0) is 74.5 Å². The summed E-state index contributed by atoms with van der Waals surface area (Å²) in [5.41, 5.74) is 8.64. The summed E-state index contributed by atoms with van der Waals surface area (Å²) in [6, 6.07) is 14.2. The van der Waals surface area contributed by atoms with Gasteiger partial charge in [0.1, 0.15) is 6.04 Å². The molecule has 2 amide bonds. The molecule has 0 heterocycles. The number of hydrogen-bond acceptors (Lipinski definition) is 5. The predicted molar refractivity (Wildman–Crippen MR) is 147 cm³/mol. The maximum Gasteiger partial charge on any atom is 0.248 e. The average Bonchev–Trinajstić information content (AvgIpc) is 2.84. The molecule has 2 aromatic carbocycles. The Morgan fingerprint density at radius 1 is 1.14 bits per heavy atom. The second-order valence-corrected chi connectivity index (χ2v) is 9.50. The highest BCUT2D eigenvalue weighted by Crippen LogP contribution is 2.22. The van der Waals surface area contributed by atoms with Gasteiger partial charge in [0.2, 0.25) is 11.8 Å². The van der Waals surface area contributed by atoms with Crippen LogP contribution < -0.4 is 21.7 Å². The van der Waals surface area contributed by atoms with E-state index in [-0.39, 0.29) is 17.7 Å². The fourth-order valence-electron chi connectivity index (χ4n) is 3.55. The zero-order valence-electron chi connectivity index (χ0n) is 20.0. The molecule has 0 saturated carbocycles. The second-order valence-electron chi connectivity index (χ2n) is 8.58. The van der Waals surface area contributed by atoms with Gasteiger partial charge in [-0.25, -0.2) is 0 Å². The standard InChI is InChI=1S/C27H32BrN5O2/c1-33(2)18-17-30-26(27(35)31-22-14-12-21(28)13-15-22)20-10-7-19(8-11-20)9-16-25(34)32-24-6-4-3-5-23(24)29/h3-7,9-16,19,26,30H,8,17-18,29H2,1-2H3,(H,31,35)(H,32,34)/b16-9+. The maximum absolute atomic E-state index is 13.1. The van der Waals surface area contributed by atoms with Gasteiger partial charge in [0.15, 0.2) is 0 Å². The number of allylic oxidation sites excluding steroid dienone is 3. The molecule has 7 nitrogen and oxygen atoms in total. The number of nitrogen functional groups attached to an aromatic ring is 1. The topological polar surface area (TPSA) is 99.5 Å². The molecule has 184 valence electrons. The first-order valence-corrected chi connectivity index (χ1v) is 12.3. The van der Waals surface area contributed by atoms with Crippen LogP contribution >= 0.6 is 15.9 Å². The molecule has 2 aromatic rings. The van der Waals surface area contributed by atoms with Crippen LogP contribution in [0.5, 0.6) is 0 Å². The van der Waals surface area contributed by atoms with E-state index in [4.69, 9.17) is 5.73 Å². The summed E-state index contributed by atoms with van der Waals surface area (Å²) in [5, 5.41) is 9.16. The number of rotatable bonds is 10. The minimum Gasteiger partial charge on any atom is -0.397 e. The maximum atomic E-state index is 13.1. The Balaban J connectivity index is 1.61. The SMILES string of the molecule is CN(C)CCNC(C(=O)Nc1ccc(Br)cc1)C1=CCC(/C=C/C(=O)Nc2ccccc2N)C=C1. The Kier molecular flexibility index (Phi) is 9.84. The smallest absolute Gasteiger partial charge is 0.248 e. The Hall–Kier alpha value is -3.20. The van der Waals surface area contributed by atoms with Gasteiger partial charge in [0.25, 0.3) is 0 Å². The lowest BCUT2D eigenvalue weighted by atomic mass is 9.92. The van der Waals surface area contributed by atoms with Crippen molar-refractivity contribution in [2.24, 2.45) is 5.92 Å². The second kappa shape index (κ2) is 13.0.